The minimum atomic E-state index is 0.151. The molecule has 0 aromatic heterocycles. The van der Waals surface area contributed by atoms with Crippen LogP contribution in [-0.4, -0.2) is 0 Å². The highest BCUT2D eigenvalue weighted by Crippen LogP contribution is 2.42. The topological polar surface area (TPSA) is 0 Å². The van der Waals surface area contributed by atoms with Gasteiger partial charge in [-0.1, -0.05) is 71.0 Å². The van der Waals surface area contributed by atoms with Gasteiger partial charge in [-0.25, -0.2) is 0 Å². The lowest BCUT2D eigenvalue weighted by Gasteiger charge is -2.33. The molecule has 0 saturated heterocycles. The zero-order valence-corrected chi connectivity index (χ0v) is 11.0. The van der Waals surface area contributed by atoms with Crippen LogP contribution in [0.5, 0.6) is 0 Å². The molecule has 0 amide bonds. The third-order valence-corrected chi connectivity index (χ3v) is 4.26. The minimum absolute atomic E-state index is 0.151. The summed E-state index contributed by atoms with van der Waals surface area (Å²) in [5.74, 6) is 0.579. The molecule has 0 fully saturated rings. The van der Waals surface area contributed by atoms with Crippen LogP contribution >= 0.6 is 0 Å². The fourth-order valence-electron chi connectivity index (χ4n) is 2.57. The lowest BCUT2D eigenvalue weighted by atomic mass is 9.71. The van der Waals surface area contributed by atoms with Gasteiger partial charge in [0.25, 0.3) is 0 Å². The van der Waals surface area contributed by atoms with Gasteiger partial charge in [-0.15, -0.1) is 0 Å². The van der Waals surface area contributed by atoms with Crippen molar-refractivity contribution in [1.82, 2.24) is 0 Å². The maximum atomic E-state index is 2.38. The van der Waals surface area contributed by atoms with E-state index in [1.54, 1.807) is 0 Å². The van der Waals surface area contributed by atoms with Gasteiger partial charge in [0.1, 0.15) is 0 Å². The van der Waals surface area contributed by atoms with Crippen molar-refractivity contribution >= 4 is 0 Å². The van der Waals surface area contributed by atoms with Gasteiger partial charge in [0.05, 0.1) is 0 Å². The summed E-state index contributed by atoms with van der Waals surface area (Å²) in [6.45, 7) is 11.6. The molecule has 1 aromatic carbocycles. The third kappa shape index (κ3) is 1.61. The van der Waals surface area contributed by atoms with Crippen LogP contribution in [0.1, 0.15) is 45.7 Å². The second kappa shape index (κ2) is 3.48. The highest BCUT2D eigenvalue weighted by Gasteiger charge is 2.34. The van der Waals surface area contributed by atoms with Crippen molar-refractivity contribution in [2.45, 2.75) is 45.4 Å². The summed E-state index contributed by atoms with van der Waals surface area (Å²) in [6, 6.07) is 8.88. The molecule has 1 aliphatic rings. The molecule has 0 spiro atoms. The maximum absolute atomic E-state index is 2.38. The first-order chi connectivity index (χ1) is 7.36. The SMILES string of the molecule is CC1C=CC(C)(C)c2ccccc2C1(C)C. The molecule has 0 saturated carbocycles. The number of hydrogen-bond acceptors (Lipinski definition) is 0. The Morgan fingerprint density at radius 1 is 0.938 bits per heavy atom. The molecule has 0 heterocycles. The first-order valence-corrected chi connectivity index (χ1v) is 6.15. The molecule has 2 rings (SSSR count). The third-order valence-electron chi connectivity index (χ3n) is 4.26. The molecule has 0 N–H and O–H groups in total. The molecule has 16 heavy (non-hydrogen) atoms. The van der Waals surface area contributed by atoms with Gasteiger partial charge < -0.3 is 0 Å². The van der Waals surface area contributed by atoms with Gasteiger partial charge in [-0.2, -0.15) is 0 Å². The average molecular weight is 214 g/mol. The van der Waals surface area contributed by atoms with E-state index < -0.39 is 0 Å². The number of allylic oxidation sites excluding steroid dienone is 2. The van der Waals surface area contributed by atoms with Crippen molar-refractivity contribution in [3.63, 3.8) is 0 Å². The molecule has 0 radical (unpaired) electrons. The number of fused-ring (bicyclic) bond motifs is 1. The highest BCUT2D eigenvalue weighted by atomic mass is 14.4. The predicted molar refractivity (Wildman–Crippen MR) is 70.8 cm³/mol. The monoisotopic (exact) mass is 214 g/mol. The molecular weight excluding hydrogens is 192 g/mol. The summed E-state index contributed by atoms with van der Waals surface area (Å²) in [7, 11) is 0. The van der Waals surface area contributed by atoms with Crippen LogP contribution in [0.15, 0.2) is 36.4 Å². The molecule has 1 unspecified atom stereocenters. The summed E-state index contributed by atoms with van der Waals surface area (Å²) in [6.07, 6.45) is 4.74. The first kappa shape index (κ1) is 11.4. The van der Waals surface area contributed by atoms with E-state index in [0.717, 1.165) is 0 Å². The Hall–Kier alpha value is -1.04. The smallest absolute Gasteiger partial charge is 0.00783 e. The Bertz CT molecular complexity index is 421. The van der Waals surface area contributed by atoms with E-state index in [1.807, 2.05) is 0 Å². The maximum Gasteiger partial charge on any atom is 0.00783 e. The van der Waals surface area contributed by atoms with Crippen LogP contribution < -0.4 is 0 Å². The second-order valence-electron chi connectivity index (χ2n) is 6.14. The van der Waals surface area contributed by atoms with Crippen molar-refractivity contribution in [3.8, 4) is 0 Å². The zero-order valence-electron chi connectivity index (χ0n) is 11.0. The van der Waals surface area contributed by atoms with Crippen molar-refractivity contribution in [1.29, 1.82) is 0 Å². The van der Waals surface area contributed by atoms with Crippen LogP contribution in [0.4, 0.5) is 0 Å². The van der Waals surface area contributed by atoms with Crippen LogP contribution in [-0.2, 0) is 10.8 Å². The quantitative estimate of drug-likeness (QED) is 0.560. The summed E-state index contributed by atoms with van der Waals surface area (Å²) < 4.78 is 0. The Morgan fingerprint density at radius 2 is 1.50 bits per heavy atom. The lowest BCUT2D eigenvalue weighted by molar-refractivity contribution is 0.409. The van der Waals surface area contributed by atoms with Crippen molar-refractivity contribution < 1.29 is 0 Å². The molecule has 0 aliphatic heterocycles. The normalized spacial score (nSPS) is 25.9. The Morgan fingerprint density at radius 3 is 2.12 bits per heavy atom. The Labute approximate surface area is 99.4 Å². The molecule has 0 nitrogen and oxygen atoms in total. The number of benzene rings is 1. The van der Waals surface area contributed by atoms with Crippen LogP contribution in [0.3, 0.4) is 0 Å². The van der Waals surface area contributed by atoms with E-state index >= 15 is 0 Å². The largest absolute Gasteiger partial charge is 0.0840 e. The lowest BCUT2D eigenvalue weighted by Crippen LogP contribution is -2.27. The van der Waals surface area contributed by atoms with Crippen molar-refractivity contribution in [2.75, 3.05) is 0 Å². The Kier molecular flexibility index (Phi) is 2.49. The van der Waals surface area contributed by atoms with E-state index in [0.29, 0.717) is 5.92 Å². The molecule has 0 bridgehead atoms. The van der Waals surface area contributed by atoms with Gasteiger partial charge >= 0.3 is 0 Å². The zero-order chi connectivity index (χ0) is 12.0. The summed E-state index contributed by atoms with van der Waals surface area (Å²) in [5.41, 5.74) is 3.34. The number of hydrogen-bond donors (Lipinski definition) is 0. The first-order valence-electron chi connectivity index (χ1n) is 6.15. The van der Waals surface area contributed by atoms with Crippen LogP contribution in [0.2, 0.25) is 0 Å². The van der Waals surface area contributed by atoms with Gasteiger partial charge in [-0.3, -0.25) is 0 Å². The fraction of sp³-hybridized carbons (Fsp3) is 0.500. The second-order valence-corrected chi connectivity index (χ2v) is 6.14. The van der Waals surface area contributed by atoms with Gasteiger partial charge in [0, 0.05) is 5.41 Å². The molecule has 1 atom stereocenters. The van der Waals surface area contributed by atoms with Gasteiger partial charge in [-0.05, 0) is 22.5 Å². The van der Waals surface area contributed by atoms with Crippen LogP contribution in [0.25, 0.3) is 0 Å². The highest BCUT2D eigenvalue weighted by molar-refractivity contribution is 5.43. The summed E-state index contributed by atoms with van der Waals surface area (Å²) in [4.78, 5) is 0. The molecular formula is C16H22. The average Bonchev–Trinajstić information content (AvgIpc) is 2.31. The summed E-state index contributed by atoms with van der Waals surface area (Å²) in [5, 5.41) is 0. The Balaban J connectivity index is 2.71. The van der Waals surface area contributed by atoms with E-state index in [-0.39, 0.29) is 10.8 Å². The van der Waals surface area contributed by atoms with Crippen LogP contribution in [0, 0.1) is 5.92 Å². The molecule has 0 heteroatoms. The molecule has 1 aromatic rings. The fourth-order valence-corrected chi connectivity index (χ4v) is 2.57. The molecule has 86 valence electrons. The number of rotatable bonds is 0. The van der Waals surface area contributed by atoms with E-state index in [1.165, 1.54) is 11.1 Å². The van der Waals surface area contributed by atoms with E-state index in [2.05, 4.69) is 71.0 Å². The molecule has 1 aliphatic carbocycles. The van der Waals surface area contributed by atoms with Gasteiger partial charge in [0.2, 0.25) is 0 Å². The van der Waals surface area contributed by atoms with E-state index in [4.69, 9.17) is 0 Å². The minimum Gasteiger partial charge on any atom is -0.0840 e. The van der Waals surface area contributed by atoms with Gasteiger partial charge in [0.15, 0.2) is 0 Å². The van der Waals surface area contributed by atoms with Crippen molar-refractivity contribution in [2.24, 2.45) is 5.92 Å². The van der Waals surface area contributed by atoms with E-state index in [9.17, 15) is 0 Å². The van der Waals surface area contributed by atoms with Crippen molar-refractivity contribution in [3.05, 3.63) is 47.5 Å². The predicted octanol–water partition coefficient (Wildman–Crippen LogP) is 4.45. The summed E-state index contributed by atoms with van der Waals surface area (Å²) >= 11 is 0. The standard InChI is InChI=1S/C16H22/c1-12-10-11-15(2,3)13-8-6-7-9-14(13)16(12,4)5/h6-12H,1-5H3.